The Labute approximate surface area is 176 Å². The van der Waals surface area contributed by atoms with Crippen molar-refractivity contribution in [1.29, 1.82) is 0 Å². The van der Waals surface area contributed by atoms with Crippen LogP contribution in [0.3, 0.4) is 0 Å². The Bertz CT molecular complexity index is 902. The van der Waals surface area contributed by atoms with Crippen LogP contribution >= 0.6 is 0 Å². The van der Waals surface area contributed by atoms with Gasteiger partial charge in [-0.1, -0.05) is 0 Å². The fourth-order valence-corrected chi connectivity index (χ4v) is 3.89. The van der Waals surface area contributed by atoms with Crippen LogP contribution in [0.15, 0.2) is 0 Å². The van der Waals surface area contributed by atoms with Gasteiger partial charge >= 0.3 is 6.03 Å². The summed E-state index contributed by atoms with van der Waals surface area (Å²) in [5.74, 6) is 2.29. The number of urea groups is 1. The first-order chi connectivity index (χ1) is 14.5. The predicted molar refractivity (Wildman–Crippen MR) is 114 cm³/mol. The average Bonchev–Trinajstić information content (AvgIpc) is 3.49. The minimum Gasteiger partial charge on any atom is -0.382 e. The summed E-state index contributed by atoms with van der Waals surface area (Å²) in [5.41, 5.74) is 10.1. The van der Waals surface area contributed by atoms with E-state index in [2.05, 4.69) is 21.8 Å². The second-order valence-corrected chi connectivity index (χ2v) is 8.18. The van der Waals surface area contributed by atoms with Crippen molar-refractivity contribution >= 4 is 22.9 Å². The van der Waals surface area contributed by atoms with Gasteiger partial charge in [-0.3, -0.25) is 0 Å². The van der Waals surface area contributed by atoms with E-state index in [0.29, 0.717) is 58.4 Å². The average molecular weight is 417 g/mol. The van der Waals surface area contributed by atoms with Gasteiger partial charge in [0.15, 0.2) is 5.82 Å². The highest BCUT2D eigenvalue weighted by Gasteiger charge is 2.26. The summed E-state index contributed by atoms with van der Waals surface area (Å²) in [6, 6.07) is -0.0525. The number of carbonyl (C=O) groups excluding carboxylic acids is 1. The third-order valence-corrected chi connectivity index (χ3v) is 5.92. The zero-order valence-electron chi connectivity index (χ0n) is 17.9. The van der Waals surface area contributed by atoms with Gasteiger partial charge in [0.2, 0.25) is 0 Å². The van der Waals surface area contributed by atoms with Crippen LogP contribution in [0.2, 0.25) is 0 Å². The number of morpholine rings is 1. The van der Waals surface area contributed by atoms with Crippen molar-refractivity contribution in [1.82, 2.24) is 24.8 Å². The Morgan fingerprint density at radius 1 is 1.23 bits per heavy atom. The molecule has 30 heavy (non-hydrogen) atoms. The number of imidazole rings is 1. The summed E-state index contributed by atoms with van der Waals surface area (Å²) < 4.78 is 13.3. The lowest BCUT2D eigenvalue weighted by Crippen LogP contribution is -2.46. The van der Waals surface area contributed by atoms with Crippen LogP contribution in [0.5, 0.6) is 0 Å². The topological polar surface area (TPSA) is 108 Å². The minimum absolute atomic E-state index is 0.0525. The first-order valence-corrected chi connectivity index (χ1v) is 10.8. The monoisotopic (exact) mass is 416 g/mol. The van der Waals surface area contributed by atoms with Crippen LogP contribution in [0, 0.1) is 19.8 Å². The van der Waals surface area contributed by atoms with Gasteiger partial charge in [0, 0.05) is 38.3 Å². The van der Waals surface area contributed by atoms with Crippen molar-refractivity contribution in [2.45, 2.75) is 39.7 Å². The van der Waals surface area contributed by atoms with Crippen LogP contribution < -0.4 is 11.1 Å². The Balaban J connectivity index is 1.33. The lowest BCUT2D eigenvalue weighted by Gasteiger charge is -2.26. The first-order valence-electron chi connectivity index (χ1n) is 10.8. The zero-order chi connectivity index (χ0) is 21.1. The Kier molecular flexibility index (Phi) is 6.38. The van der Waals surface area contributed by atoms with Gasteiger partial charge in [-0.2, -0.15) is 0 Å². The molecule has 3 heterocycles. The van der Waals surface area contributed by atoms with Crippen LogP contribution in [0.1, 0.15) is 29.9 Å². The van der Waals surface area contributed by atoms with E-state index in [1.54, 1.807) is 4.90 Å². The molecular weight excluding hydrogens is 384 g/mol. The molecule has 0 spiro atoms. The van der Waals surface area contributed by atoms with Crippen LogP contribution in [-0.2, 0) is 22.4 Å². The number of nitrogens with two attached hydrogens (primary N) is 1. The Hall–Kier alpha value is -2.39. The van der Waals surface area contributed by atoms with E-state index in [0.717, 1.165) is 40.5 Å². The van der Waals surface area contributed by atoms with Gasteiger partial charge in [0.25, 0.3) is 0 Å². The number of aromatic nitrogens is 3. The van der Waals surface area contributed by atoms with E-state index in [-0.39, 0.29) is 6.03 Å². The lowest BCUT2D eigenvalue weighted by atomic mass is 10.2. The van der Waals surface area contributed by atoms with E-state index in [4.69, 9.17) is 20.2 Å². The van der Waals surface area contributed by atoms with Gasteiger partial charge < -0.3 is 30.0 Å². The maximum atomic E-state index is 12.1. The molecule has 9 heteroatoms. The summed E-state index contributed by atoms with van der Waals surface area (Å²) in [4.78, 5) is 23.1. The number of amides is 2. The Morgan fingerprint density at radius 2 is 2.00 bits per heavy atom. The van der Waals surface area contributed by atoms with E-state index in [1.807, 2.05) is 6.92 Å². The highest BCUT2D eigenvalue weighted by Crippen LogP contribution is 2.34. The number of anilines is 1. The van der Waals surface area contributed by atoms with Crippen molar-refractivity contribution in [3.8, 4) is 0 Å². The molecular formula is C21H32N6O3. The maximum absolute atomic E-state index is 12.1. The van der Waals surface area contributed by atoms with E-state index in [9.17, 15) is 4.79 Å². The highest BCUT2D eigenvalue weighted by atomic mass is 16.5. The van der Waals surface area contributed by atoms with Crippen molar-refractivity contribution in [3.63, 3.8) is 0 Å². The molecule has 3 N–H and O–H groups in total. The van der Waals surface area contributed by atoms with E-state index >= 15 is 0 Å². The molecule has 4 rings (SSSR count). The zero-order valence-corrected chi connectivity index (χ0v) is 17.9. The molecule has 164 valence electrons. The Morgan fingerprint density at radius 3 is 2.73 bits per heavy atom. The van der Waals surface area contributed by atoms with E-state index in [1.165, 1.54) is 12.8 Å². The standard InChI is InChI=1S/C21H32N6O3/c1-14-15(2)24-20(22)18-19(14)27(17(25-18)13-16-3-4-16)8-12-29-9-5-23-21(28)26-6-10-30-11-7-26/h16H,3-13H2,1-2H3,(H2,22,24)(H,23,28). The van der Waals surface area contributed by atoms with Crippen molar-refractivity contribution in [2.75, 3.05) is 51.8 Å². The second-order valence-electron chi connectivity index (χ2n) is 8.18. The van der Waals surface area contributed by atoms with Crippen molar-refractivity contribution < 1.29 is 14.3 Å². The predicted octanol–water partition coefficient (Wildman–Crippen LogP) is 1.64. The summed E-state index contributed by atoms with van der Waals surface area (Å²) in [6.45, 7) is 8.77. The quantitative estimate of drug-likeness (QED) is 0.634. The fraction of sp³-hybridized carbons (Fsp3) is 0.667. The molecule has 2 aromatic rings. The molecule has 1 saturated heterocycles. The SMILES string of the molecule is Cc1nc(N)c2nc(CC3CC3)n(CCOCCNC(=O)N3CCOCC3)c2c1C. The molecule has 2 amide bonds. The molecule has 9 nitrogen and oxygen atoms in total. The van der Waals surface area contributed by atoms with Gasteiger partial charge in [-0.25, -0.2) is 14.8 Å². The third kappa shape index (κ3) is 4.67. The second kappa shape index (κ2) is 9.18. The molecule has 0 unspecified atom stereocenters. The number of pyridine rings is 1. The minimum atomic E-state index is -0.0525. The van der Waals surface area contributed by atoms with Crippen molar-refractivity contribution in [3.05, 3.63) is 17.1 Å². The number of fused-ring (bicyclic) bond motifs is 1. The number of hydrogen-bond donors (Lipinski definition) is 2. The normalized spacial score (nSPS) is 16.9. The fourth-order valence-electron chi connectivity index (χ4n) is 3.89. The maximum Gasteiger partial charge on any atom is 0.317 e. The van der Waals surface area contributed by atoms with Gasteiger partial charge in [0.05, 0.1) is 31.9 Å². The van der Waals surface area contributed by atoms with Gasteiger partial charge in [-0.15, -0.1) is 0 Å². The molecule has 1 saturated carbocycles. The number of carbonyl (C=O) groups is 1. The number of nitrogens with one attached hydrogen (secondary N) is 1. The summed E-state index contributed by atoms with van der Waals surface area (Å²) in [7, 11) is 0. The molecule has 0 aromatic carbocycles. The number of nitrogens with zero attached hydrogens (tertiary/aromatic N) is 4. The van der Waals surface area contributed by atoms with Crippen LogP contribution in [0.4, 0.5) is 10.6 Å². The smallest absolute Gasteiger partial charge is 0.317 e. The number of rotatable bonds is 8. The highest BCUT2D eigenvalue weighted by molar-refractivity contribution is 5.88. The summed E-state index contributed by atoms with van der Waals surface area (Å²) in [5, 5.41) is 2.91. The summed E-state index contributed by atoms with van der Waals surface area (Å²) in [6.07, 6.45) is 3.52. The molecule has 0 radical (unpaired) electrons. The lowest BCUT2D eigenvalue weighted by molar-refractivity contribution is 0.0523. The number of ether oxygens (including phenoxy) is 2. The van der Waals surface area contributed by atoms with Gasteiger partial charge in [0.1, 0.15) is 11.3 Å². The molecule has 0 bridgehead atoms. The number of aryl methyl sites for hydroxylation is 2. The van der Waals surface area contributed by atoms with Crippen molar-refractivity contribution in [2.24, 2.45) is 5.92 Å². The number of hydrogen-bond acceptors (Lipinski definition) is 6. The van der Waals surface area contributed by atoms with Crippen LogP contribution in [0.25, 0.3) is 11.0 Å². The molecule has 1 aliphatic carbocycles. The molecule has 1 aliphatic heterocycles. The summed E-state index contributed by atoms with van der Waals surface area (Å²) >= 11 is 0. The molecule has 2 aliphatic rings. The molecule has 2 fully saturated rings. The third-order valence-electron chi connectivity index (χ3n) is 5.92. The largest absolute Gasteiger partial charge is 0.382 e. The molecule has 0 atom stereocenters. The van der Waals surface area contributed by atoms with E-state index < -0.39 is 0 Å². The number of nitrogen functional groups attached to an aromatic ring is 1. The first kappa shape index (κ1) is 20.9. The van der Waals surface area contributed by atoms with Crippen LogP contribution in [-0.4, -0.2) is 71.5 Å². The molecule has 2 aromatic heterocycles. The van der Waals surface area contributed by atoms with Gasteiger partial charge in [-0.05, 0) is 38.2 Å².